The van der Waals surface area contributed by atoms with E-state index in [0.29, 0.717) is 16.3 Å². The van der Waals surface area contributed by atoms with Crippen LogP contribution in [0.5, 0.6) is 0 Å². The van der Waals surface area contributed by atoms with E-state index in [-0.39, 0.29) is 11.9 Å². The van der Waals surface area contributed by atoms with E-state index >= 15 is 0 Å². The molecule has 4 nitrogen and oxygen atoms in total. The topological polar surface area (TPSA) is 54.0 Å². The van der Waals surface area contributed by atoms with Crippen LogP contribution in [0, 0.1) is 12.7 Å². The lowest BCUT2D eigenvalue weighted by Crippen LogP contribution is -2.18. The Morgan fingerprint density at radius 1 is 1.43 bits per heavy atom. The Morgan fingerprint density at radius 2 is 2.19 bits per heavy atom. The molecule has 0 radical (unpaired) electrons. The maximum Gasteiger partial charge on any atom is 0.257 e. The van der Waals surface area contributed by atoms with E-state index in [0.717, 1.165) is 12.2 Å². The molecular weight excluding hydrogens is 289 g/mol. The SMILES string of the molecule is CCNC(C)c1csc(NC(=O)c2cc(C)cc(F)c2)n1. The van der Waals surface area contributed by atoms with Crippen LogP contribution in [0.4, 0.5) is 9.52 Å². The normalized spacial score (nSPS) is 12.2. The van der Waals surface area contributed by atoms with E-state index in [1.165, 1.54) is 23.5 Å². The van der Waals surface area contributed by atoms with Crippen molar-refractivity contribution >= 4 is 22.4 Å². The molecule has 2 aromatic rings. The van der Waals surface area contributed by atoms with Crippen molar-refractivity contribution in [2.24, 2.45) is 0 Å². The van der Waals surface area contributed by atoms with Crippen molar-refractivity contribution in [1.82, 2.24) is 10.3 Å². The van der Waals surface area contributed by atoms with Gasteiger partial charge < -0.3 is 5.32 Å². The number of halogens is 1. The maximum absolute atomic E-state index is 13.3. The van der Waals surface area contributed by atoms with Crippen LogP contribution in [0.3, 0.4) is 0 Å². The van der Waals surface area contributed by atoms with E-state index in [1.807, 2.05) is 19.2 Å². The fourth-order valence-electron chi connectivity index (χ4n) is 1.99. The largest absolute Gasteiger partial charge is 0.309 e. The quantitative estimate of drug-likeness (QED) is 0.888. The van der Waals surface area contributed by atoms with Gasteiger partial charge >= 0.3 is 0 Å². The lowest BCUT2D eigenvalue weighted by atomic mass is 10.1. The monoisotopic (exact) mass is 307 g/mol. The van der Waals surface area contributed by atoms with Crippen LogP contribution >= 0.6 is 11.3 Å². The summed E-state index contributed by atoms with van der Waals surface area (Å²) in [7, 11) is 0. The molecule has 0 saturated carbocycles. The second-order valence-electron chi connectivity index (χ2n) is 4.83. The van der Waals surface area contributed by atoms with Crippen molar-refractivity contribution in [3.63, 3.8) is 0 Å². The number of nitrogens with zero attached hydrogens (tertiary/aromatic N) is 1. The van der Waals surface area contributed by atoms with E-state index in [2.05, 4.69) is 15.6 Å². The van der Waals surface area contributed by atoms with Gasteiger partial charge in [-0.05, 0) is 44.2 Å². The number of hydrogen-bond acceptors (Lipinski definition) is 4. The van der Waals surface area contributed by atoms with Gasteiger partial charge in [-0.3, -0.25) is 10.1 Å². The Morgan fingerprint density at radius 3 is 2.86 bits per heavy atom. The summed E-state index contributed by atoms with van der Waals surface area (Å²) in [5.74, 6) is -0.768. The Bertz CT molecular complexity index is 621. The minimum Gasteiger partial charge on any atom is -0.309 e. The van der Waals surface area contributed by atoms with Crippen LogP contribution in [0.1, 0.15) is 41.5 Å². The lowest BCUT2D eigenvalue weighted by Gasteiger charge is -2.08. The number of carbonyl (C=O) groups excluding carboxylic acids is 1. The smallest absolute Gasteiger partial charge is 0.257 e. The molecule has 0 saturated heterocycles. The van der Waals surface area contributed by atoms with Gasteiger partial charge in [-0.2, -0.15) is 0 Å². The highest BCUT2D eigenvalue weighted by Crippen LogP contribution is 2.21. The number of benzene rings is 1. The van der Waals surface area contributed by atoms with Crippen molar-refractivity contribution in [3.8, 4) is 0 Å². The molecule has 21 heavy (non-hydrogen) atoms. The molecule has 0 aliphatic rings. The van der Waals surface area contributed by atoms with Gasteiger partial charge in [0, 0.05) is 17.0 Å². The summed E-state index contributed by atoms with van der Waals surface area (Å²) in [6.45, 7) is 6.64. The van der Waals surface area contributed by atoms with Crippen molar-refractivity contribution in [2.75, 3.05) is 11.9 Å². The van der Waals surface area contributed by atoms with Crippen molar-refractivity contribution in [1.29, 1.82) is 0 Å². The predicted molar refractivity (Wildman–Crippen MR) is 83.3 cm³/mol. The first kappa shape index (κ1) is 15.6. The summed E-state index contributed by atoms with van der Waals surface area (Å²) in [5, 5.41) is 8.38. The first-order valence-electron chi connectivity index (χ1n) is 6.77. The van der Waals surface area contributed by atoms with E-state index in [1.54, 1.807) is 13.0 Å². The second kappa shape index (κ2) is 6.78. The van der Waals surface area contributed by atoms with Gasteiger partial charge in [0.25, 0.3) is 5.91 Å². The van der Waals surface area contributed by atoms with Gasteiger partial charge in [-0.1, -0.05) is 6.92 Å². The third-order valence-electron chi connectivity index (χ3n) is 3.00. The molecule has 1 aromatic heterocycles. The number of carbonyl (C=O) groups is 1. The number of amides is 1. The zero-order valence-electron chi connectivity index (χ0n) is 12.2. The number of aryl methyl sites for hydroxylation is 1. The van der Waals surface area contributed by atoms with E-state index in [9.17, 15) is 9.18 Å². The van der Waals surface area contributed by atoms with Gasteiger partial charge in [0.05, 0.1) is 5.69 Å². The Balaban J connectivity index is 2.09. The fourth-order valence-corrected chi connectivity index (χ4v) is 2.79. The zero-order chi connectivity index (χ0) is 15.4. The summed E-state index contributed by atoms with van der Waals surface area (Å²) < 4.78 is 13.3. The maximum atomic E-state index is 13.3. The van der Waals surface area contributed by atoms with Crippen LogP contribution in [0.25, 0.3) is 0 Å². The Hall–Kier alpha value is -1.79. The standard InChI is InChI=1S/C15H18FN3OS/c1-4-17-10(3)13-8-21-15(18-13)19-14(20)11-5-9(2)6-12(16)7-11/h5-8,10,17H,4H2,1-3H3,(H,18,19,20). The van der Waals surface area contributed by atoms with E-state index < -0.39 is 5.82 Å². The van der Waals surface area contributed by atoms with Gasteiger partial charge in [0.15, 0.2) is 5.13 Å². The van der Waals surface area contributed by atoms with Crippen molar-refractivity contribution < 1.29 is 9.18 Å². The molecule has 0 bridgehead atoms. The summed E-state index contributed by atoms with van der Waals surface area (Å²) in [5.41, 5.74) is 1.89. The summed E-state index contributed by atoms with van der Waals surface area (Å²) in [4.78, 5) is 16.5. The summed E-state index contributed by atoms with van der Waals surface area (Å²) in [6, 6.07) is 4.39. The number of thiazole rings is 1. The number of anilines is 1. The number of nitrogens with one attached hydrogen (secondary N) is 2. The third-order valence-corrected chi connectivity index (χ3v) is 3.78. The van der Waals surface area contributed by atoms with Crippen LogP contribution in [0.15, 0.2) is 23.6 Å². The molecule has 112 valence electrons. The molecule has 0 aliphatic carbocycles. The third kappa shape index (κ3) is 4.09. The van der Waals surface area contributed by atoms with E-state index in [4.69, 9.17) is 0 Å². The number of rotatable bonds is 5. The van der Waals surface area contributed by atoms with Crippen LogP contribution in [0.2, 0.25) is 0 Å². The average molecular weight is 307 g/mol. The first-order valence-corrected chi connectivity index (χ1v) is 7.65. The molecule has 0 aliphatic heterocycles. The molecule has 0 spiro atoms. The van der Waals surface area contributed by atoms with Crippen LogP contribution in [-0.2, 0) is 0 Å². The summed E-state index contributed by atoms with van der Waals surface area (Å²) in [6.07, 6.45) is 0. The van der Waals surface area contributed by atoms with Gasteiger partial charge in [0.1, 0.15) is 5.82 Å². The zero-order valence-corrected chi connectivity index (χ0v) is 13.1. The molecule has 2 N–H and O–H groups in total. The van der Waals surface area contributed by atoms with Crippen molar-refractivity contribution in [2.45, 2.75) is 26.8 Å². The molecule has 1 aromatic carbocycles. The van der Waals surface area contributed by atoms with Crippen LogP contribution in [-0.4, -0.2) is 17.4 Å². The van der Waals surface area contributed by atoms with Gasteiger partial charge in [-0.25, -0.2) is 9.37 Å². The molecule has 1 heterocycles. The highest BCUT2D eigenvalue weighted by atomic mass is 32.1. The number of aromatic nitrogens is 1. The Kier molecular flexibility index (Phi) is 5.03. The number of hydrogen-bond donors (Lipinski definition) is 2. The van der Waals surface area contributed by atoms with Crippen molar-refractivity contribution in [3.05, 3.63) is 46.2 Å². The predicted octanol–water partition coefficient (Wildman–Crippen LogP) is 3.51. The Labute approximate surface area is 127 Å². The molecule has 6 heteroatoms. The van der Waals surface area contributed by atoms with Crippen LogP contribution < -0.4 is 10.6 Å². The molecule has 1 atom stereocenters. The molecule has 0 fully saturated rings. The van der Waals surface area contributed by atoms with Gasteiger partial charge in [0.2, 0.25) is 0 Å². The highest BCUT2D eigenvalue weighted by molar-refractivity contribution is 7.14. The average Bonchev–Trinajstić information content (AvgIpc) is 2.86. The minimum absolute atomic E-state index is 0.133. The van der Waals surface area contributed by atoms with Gasteiger partial charge in [-0.15, -0.1) is 11.3 Å². The highest BCUT2D eigenvalue weighted by Gasteiger charge is 2.13. The first-order chi connectivity index (χ1) is 9.99. The summed E-state index contributed by atoms with van der Waals surface area (Å²) >= 11 is 1.36. The molecule has 1 amide bonds. The molecule has 1 unspecified atom stereocenters. The fraction of sp³-hybridized carbons (Fsp3) is 0.333. The molecular formula is C15H18FN3OS. The molecule has 2 rings (SSSR count). The second-order valence-corrected chi connectivity index (χ2v) is 5.69. The lowest BCUT2D eigenvalue weighted by molar-refractivity contribution is 0.102. The minimum atomic E-state index is -0.416.